The number of carbonyl (C=O) groups excluding carboxylic acids is 1. The van der Waals surface area contributed by atoms with Crippen molar-refractivity contribution in [1.29, 1.82) is 0 Å². The molecule has 0 saturated carbocycles. The fourth-order valence-corrected chi connectivity index (χ4v) is 5.32. The Morgan fingerprint density at radius 1 is 1.14 bits per heavy atom. The average molecular weight is 561 g/mol. The number of ether oxygens (including phenoxy) is 3. The maximum Gasteiger partial charge on any atom is 0.338 e. The first-order valence-electron chi connectivity index (χ1n) is 11.6. The van der Waals surface area contributed by atoms with Crippen LogP contribution in [-0.2, 0) is 14.3 Å². The molecule has 0 fully saturated rings. The summed E-state index contributed by atoms with van der Waals surface area (Å²) >= 11 is 13.6. The Labute approximate surface area is 228 Å². The number of rotatable bonds is 8. The molecule has 10 heteroatoms. The Morgan fingerprint density at radius 3 is 2.51 bits per heavy atom. The molecule has 2 aromatic carbocycles. The molecule has 0 N–H and O–H groups in total. The van der Waals surface area contributed by atoms with Crippen LogP contribution in [0.25, 0.3) is 6.08 Å². The number of carbonyl (C=O) groups is 1. The van der Waals surface area contributed by atoms with Crippen molar-refractivity contribution in [2.75, 3.05) is 20.3 Å². The van der Waals surface area contributed by atoms with Crippen molar-refractivity contribution in [3.05, 3.63) is 94.6 Å². The first kappa shape index (κ1) is 27.1. The Morgan fingerprint density at radius 2 is 1.84 bits per heavy atom. The SMILES string of the molecule is COCCOC(=O)C1=C(C)N=c2sc(=Cc3cc(Cl)ccc3OC(C)C)c(=O)n2C1c1ccc(Cl)cc1. The van der Waals surface area contributed by atoms with Crippen LogP contribution in [0.1, 0.15) is 37.9 Å². The lowest BCUT2D eigenvalue weighted by atomic mass is 9.96. The van der Waals surface area contributed by atoms with E-state index >= 15 is 0 Å². The Kier molecular flexibility index (Phi) is 8.54. The monoisotopic (exact) mass is 560 g/mol. The molecule has 1 aromatic heterocycles. The Balaban J connectivity index is 1.90. The van der Waals surface area contributed by atoms with Gasteiger partial charge in [0, 0.05) is 22.7 Å². The van der Waals surface area contributed by atoms with Crippen LogP contribution in [0.15, 0.2) is 63.5 Å². The van der Waals surface area contributed by atoms with Gasteiger partial charge in [-0.15, -0.1) is 0 Å². The summed E-state index contributed by atoms with van der Waals surface area (Å²) in [5.74, 6) is 0.0491. The molecule has 0 bridgehead atoms. The zero-order valence-electron chi connectivity index (χ0n) is 20.8. The number of hydrogen-bond donors (Lipinski definition) is 0. The number of methoxy groups -OCH3 is 1. The summed E-state index contributed by atoms with van der Waals surface area (Å²) in [7, 11) is 1.53. The smallest absolute Gasteiger partial charge is 0.338 e. The lowest BCUT2D eigenvalue weighted by Gasteiger charge is -2.24. The molecule has 4 rings (SSSR count). The molecule has 0 saturated heterocycles. The molecule has 0 aliphatic carbocycles. The third kappa shape index (κ3) is 5.99. The number of halogens is 2. The van der Waals surface area contributed by atoms with Gasteiger partial charge < -0.3 is 14.2 Å². The van der Waals surface area contributed by atoms with Crippen LogP contribution in [0.3, 0.4) is 0 Å². The van der Waals surface area contributed by atoms with Crippen LogP contribution in [0.2, 0.25) is 10.0 Å². The molecule has 7 nitrogen and oxygen atoms in total. The fourth-order valence-electron chi connectivity index (χ4n) is 3.97. The van der Waals surface area contributed by atoms with E-state index in [1.165, 1.54) is 23.0 Å². The minimum atomic E-state index is -0.739. The van der Waals surface area contributed by atoms with Crippen LogP contribution in [-0.4, -0.2) is 37.0 Å². The zero-order valence-corrected chi connectivity index (χ0v) is 23.1. The van der Waals surface area contributed by atoms with Gasteiger partial charge in [-0.25, -0.2) is 9.79 Å². The molecule has 1 unspecified atom stereocenters. The summed E-state index contributed by atoms with van der Waals surface area (Å²) in [6.07, 6.45) is 1.68. The second-order valence-electron chi connectivity index (χ2n) is 8.61. The molecule has 37 heavy (non-hydrogen) atoms. The molecule has 1 aliphatic heterocycles. The number of hydrogen-bond acceptors (Lipinski definition) is 7. The normalized spacial score (nSPS) is 15.5. The van der Waals surface area contributed by atoms with E-state index in [0.717, 1.165) is 0 Å². The predicted molar refractivity (Wildman–Crippen MR) is 145 cm³/mol. The minimum Gasteiger partial charge on any atom is -0.490 e. The first-order valence-corrected chi connectivity index (χ1v) is 13.2. The number of esters is 1. The largest absolute Gasteiger partial charge is 0.490 e. The predicted octanol–water partition coefficient (Wildman–Crippen LogP) is 4.52. The molecule has 194 valence electrons. The summed E-state index contributed by atoms with van der Waals surface area (Å²) in [5, 5.41) is 1.06. The van der Waals surface area contributed by atoms with E-state index in [-0.39, 0.29) is 30.5 Å². The van der Waals surface area contributed by atoms with Crippen molar-refractivity contribution in [1.82, 2.24) is 4.57 Å². The van der Waals surface area contributed by atoms with Gasteiger partial charge in [0.15, 0.2) is 4.80 Å². The standard InChI is InChI=1S/C27H26Cl2N2O5S/c1-15(2)36-21-10-9-20(29)13-18(21)14-22-25(32)31-24(17-5-7-19(28)8-6-17)23(16(3)30-27(31)37-22)26(33)35-12-11-34-4/h5-10,13-15,24H,11-12H2,1-4H3. The second-order valence-corrected chi connectivity index (χ2v) is 10.5. The number of allylic oxidation sites excluding steroid dienone is 1. The van der Waals surface area contributed by atoms with E-state index in [2.05, 4.69) is 4.99 Å². The molecule has 0 amide bonds. The Hall–Kier alpha value is -2.91. The molecule has 0 spiro atoms. The maximum atomic E-state index is 13.8. The zero-order chi connectivity index (χ0) is 26.7. The van der Waals surface area contributed by atoms with E-state index in [1.807, 2.05) is 13.8 Å². The summed E-state index contributed by atoms with van der Waals surface area (Å²) in [6, 6.07) is 11.5. The third-order valence-electron chi connectivity index (χ3n) is 5.57. The summed E-state index contributed by atoms with van der Waals surface area (Å²) in [5.41, 5.74) is 1.83. The van der Waals surface area contributed by atoms with E-state index in [0.29, 0.717) is 42.0 Å². The molecule has 1 atom stereocenters. The molecular weight excluding hydrogens is 535 g/mol. The average Bonchev–Trinajstić information content (AvgIpc) is 3.14. The summed E-state index contributed by atoms with van der Waals surface area (Å²) in [6.45, 7) is 5.92. The van der Waals surface area contributed by atoms with E-state index in [1.54, 1.807) is 55.5 Å². The van der Waals surface area contributed by atoms with Gasteiger partial charge in [0.25, 0.3) is 5.56 Å². The molecule has 2 heterocycles. The quantitative estimate of drug-likeness (QED) is 0.299. The second kappa shape index (κ2) is 11.6. The van der Waals surface area contributed by atoms with Crippen molar-refractivity contribution in [3.63, 3.8) is 0 Å². The molecular formula is C27H26Cl2N2O5S. The van der Waals surface area contributed by atoms with Crippen molar-refractivity contribution in [2.45, 2.75) is 32.9 Å². The van der Waals surface area contributed by atoms with Crippen molar-refractivity contribution in [3.8, 4) is 5.75 Å². The topological polar surface area (TPSA) is 79.1 Å². The maximum absolute atomic E-state index is 13.8. The highest BCUT2D eigenvalue weighted by Crippen LogP contribution is 2.31. The fraction of sp³-hybridized carbons (Fsp3) is 0.296. The van der Waals surface area contributed by atoms with Crippen LogP contribution in [0.4, 0.5) is 0 Å². The lowest BCUT2D eigenvalue weighted by Crippen LogP contribution is -2.40. The van der Waals surface area contributed by atoms with Gasteiger partial charge in [-0.05, 0) is 62.7 Å². The van der Waals surface area contributed by atoms with E-state index in [4.69, 9.17) is 37.4 Å². The number of aromatic nitrogens is 1. The summed E-state index contributed by atoms with van der Waals surface area (Å²) < 4.78 is 18.3. The highest BCUT2D eigenvalue weighted by molar-refractivity contribution is 7.07. The number of thiazole rings is 1. The van der Waals surface area contributed by atoms with Crippen LogP contribution < -0.4 is 19.6 Å². The third-order valence-corrected chi connectivity index (χ3v) is 7.04. The van der Waals surface area contributed by atoms with Gasteiger partial charge in [-0.1, -0.05) is 46.7 Å². The van der Waals surface area contributed by atoms with Crippen molar-refractivity contribution in [2.24, 2.45) is 4.99 Å². The van der Waals surface area contributed by atoms with Gasteiger partial charge in [0.1, 0.15) is 12.4 Å². The van der Waals surface area contributed by atoms with E-state index in [9.17, 15) is 9.59 Å². The molecule has 3 aromatic rings. The van der Waals surface area contributed by atoms with Gasteiger partial charge in [-0.2, -0.15) is 0 Å². The van der Waals surface area contributed by atoms with Gasteiger partial charge in [0.05, 0.1) is 34.6 Å². The molecule has 0 radical (unpaired) electrons. The molecule has 1 aliphatic rings. The first-order chi connectivity index (χ1) is 17.7. The minimum absolute atomic E-state index is 0.0613. The number of benzene rings is 2. The van der Waals surface area contributed by atoms with Crippen LogP contribution in [0, 0.1) is 0 Å². The number of fused-ring (bicyclic) bond motifs is 1. The van der Waals surface area contributed by atoms with Crippen molar-refractivity contribution >= 4 is 46.6 Å². The van der Waals surface area contributed by atoms with Crippen molar-refractivity contribution < 1.29 is 19.0 Å². The summed E-state index contributed by atoms with van der Waals surface area (Å²) in [4.78, 5) is 32.0. The lowest BCUT2D eigenvalue weighted by molar-refractivity contribution is -0.140. The van der Waals surface area contributed by atoms with Gasteiger partial charge in [0.2, 0.25) is 0 Å². The van der Waals surface area contributed by atoms with Crippen LogP contribution in [0.5, 0.6) is 5.75 Å². The van der Waals surface area contributed by atoms with Crippen LogP contribution >= 0.6 is 34.5 Å². The Bertz CT molecular complexity index is 1520. The highest BCUT2D eigenvalue weighted by atomic mass is 35.5. The highest BCUT2D eigenvalue weighted by Gasteiger charge is 2.33. The number of nitrogens with zero attached hydrogens (tertiary/aromatic N) is 2. The van der Waals surface area contributed by atoms with Gasteiger partial charge in [-0.3, -0.25) is 9.36 Å². The van der Waals surface area contributed by atoms with Gasteiger partial charge >= 0.3 is 5.97 Å². The van der Waals surface area contributed by atoms with E-state index < -0.39 is 12.0 Å².